The number of carbonyl (C=O) groups excluding carboxylic acids is 2. The summed E-state index contributed by atoms with van der Waals surface area (Å²) in [6.45, 7) is 5.38. The van der Waals surface area contributed by atoms with Crippen LogP contribution in [-0.2, 0) is 4.79 Å². The number of aliphatic hydroxyl groups excluding tert-OH is 1. The fraction of sp³-hybridized carbons (Fsp3) is 0.429. The van der Waals surface area contributed by atoms with Gasteiger partial charge < -0.3 is 10.0 Å². The summed E-state index contributed by atoms with van der Waals surface area (Å²) in [6, 6.07) is 5.37. The molecule has 0 atom stereocenters. The van der Waals surface area contributed by atoms with Crippen LogP contribution in [0.1, 0.15) is 31.1 Å². The highest BCUT2D eigenvalue weighted by molar-refractivity contribution is 8.01. The smallest absolute Gasteiger partial charge is 0.243 e. The highest BCUT2D eigenvalue weighted by atomic mass is 32.2. The highest BCUT2D eigenvalue weighted by Crippen LogP contribution is 2.45. The molecule has 1 N–H and O–H groups in total. The second-order valence-corrected chi connectivity index (χ2v) is 6.70. The van der Waals surface area contributed by atoms with Gasteiger partial charge in [-0.15, -0.1) is 11.8 Å². The third-order valence-corrected chi connectivity index (χ3v) is 4.36. The normalized spacial score (nSPS) is 17.3. The summed E-state index contributed by atoms with van der Waals surface area (Å²) in [5, 5.41) is 9.14. The van der Waals surface area contributed by atoms with Gasteiger partial charge in [0.15, 0.2) is 5.78 Å². The molecular formula is C14H17NO3S. The zero-order valence-corrected chi connectivity index (χ0v) is 12.1. The lowest BCUT2D eigenvalue weighted by Gasteiger charge is -2.37. The van der Waals surface area contributed by atoms with Crippen molar-refractivity contribution >= 4 is 29.1 Å². The number of thioether (sulfide) groups is 1. The summed E-state index contributed by atoms with van der Waals surface area (Å²) < 4.78 is -0.556. The van der Waals surface area contributed by atoms with Crippen LogP contribution in [0.25, 0.3) is 0 Å². The number of β-amino-alcohol motifs (C(OH)–C–C–N with tert-alkyl or cyclic N) is 1. The first kappa shape index (κ1) is 14.1. The van der Waals surface area contributed by atoms with Gasteiger partial charge >= 0.3 is 0 Å². The second-order valence-electron chi connectivity index (χ2n) is 5.03. The van der Waals surface area contributed by atoms with Crippen LogP contribution in [0.2, 0.25) is 0 Å². The molecule has 5 heteroatoms. The average molecular weight is 279 g/mol. The summed E-state index contributed by atoms with van der Waals surface area (Å²) >= 11 is 1.49. The molecule has 0 unspecified atom stereocenters. The maximum Gasteiger partial charge on any atom is 0.243 e. The zero-order valence-electron chi connectivity index (χ0n) is 11.3. The van der Waals surface area contributed by atoms with E-state index in [1.165, 1.54) is 18.7 Å². The van der Waals surface area contributed by atoms with Crippen molar-refractivity contribution in [3.05, 3.63) is 23.8 Å². The van der Waals surface area contributed by atoms with Crippen molar-refractivity contribution in [3.63, 3.8) is 0 Å². The van der Waals surface area contributed by atoms with Gasteiger partial charge in [0, 0.05) is 17.0 Å². The van der Waals surface area contributed by atoms with Gasteiger partial charge in [-0.05, 0) is 32.9 Å². The largest absolute Gasteiger partial charge is 0.395 e. The molecule has 1 aliphatic heterocycles. The number of anilines is 1. The van der Waals surface area contributed by atoms with E-state index in [4.69, 9.17) is 5.11 Å². The Morgan fingerprint density at radius 2 is 2.11 bits per heavy atom. The monoisotopic (exact) mass is 279 g/mol. The van der Waals surface area contributed by atoms with Crippen LogP contribution in [0.4, 0.5) is 5.69 Å². The van der Waals surface area contributed by atoms with Gasteiger partial charge in [-0.3, -0.25) is 9.59 Å². The Labute approximate surface area is 116 Å². The predicted molar refractivity (Wildman–Crippen MR) is 75.8 cm³/mol. The Morgan fingerprint density at radius 3 is 2.68 bits per heavy atom. The van der Waals surface area contributed by atoms with E-state index in [0.717, 1.165) is 10.6 Å². The molecule has 0 saturated carbocycles. The fourth-order valence-corrected chi connectivity index (χ4v) is 3.27. The number of hydrogen-bond acceptors (Lipinski definition) is 4. The number of rotatable bonds is 3. The summed E-state index contributed by atoms with van der Waals surface area (Å²) in [6.07, 6.45) is 0. The Hall–Kier alpha value is -1.33. The second kappa shape index (κ2) is 4.98. The molecule has 1 aromatic rings. The van der Waals surface area contributed by atoms with Gasteiger partial charge in [0.25, 0.3) is 0 Å². The van der Waals surface area contributed by atoms with E-state index < -0.39 is 4.75 Å². The van der Waals surface area contributed by atoms with Crippen LogP contribution in [0.5, 0.6) is 0 Å². The first-order chi connectivity index (χ1) is 8.86. The molecule has 0 spiro atoms. The molecule has 2 rings (SSSR count). The molecule has 0 aromatic heterocycles. The van der Waals surface area contributed by atoms with E-state index >= 15 is 0 Å². The van der Waals surface area contributed by atoms with Crippen molar-refractivity contribution in [3.8, 4) is 0 Å². The Morgan fingerprint density at radius 1 is 1.42 bits per heavy atom. The quantitative estimate of drug-likeness (QED) is 0.861. The molecule has 102 valence electrons. The predicted octanol–water partition coefficient (Wildman–Crippen LogP) is 2.10. The van der Waals surface area contributed by atoms with Gasteiger partial charge in [0.1, 0.15) is 0 Å². The minimum atomic E-state index is -0.556. The van der Waals surface area contributed by atoms with Gasteiger partial charge in [-0.25, -0.2) is 0 Å². The van der Waals surface area contributed by atoms with E-state index in [0.29, 0.717) is 5.56 Å². The number of aliphatic hydroxyl groups is 1. The van der Waals surface area contributed by atoms with Crippen molar-refractivity contribution in [2.75, 3.05) is 18.1 Å². The molecule has 1 amide bonds. The van der Waals surface area contributed by atoms with Crippen LogP contribution in [0.15, 0.2) is 23.1 Å². The van der Waals surface area contributed by atoms with Gasteiger partial charge in [0.2, 0.25) is 5.91 Å². The van der Waals surface area contributed by atoms with Crippen molar-refractivity contribution in [1.29, 1.82) is 0 Å². The van der Waals surface area contributed by atoms with Crippen molar-refractivity contribution in [1.82, 2.24) is 0 Å². The Kier molecular flexibility index (Phi) is 3.69. The van der Waals surface area contributed by atoms with E-state index in [1.54, 1.807) is 17.0 Å². The molecule has 1 aliphatic rings. The number of nitrogens with zero attached hydrogens (tertiary/aromatic N) is 1. The lowest BCUT2D eigenvalue weighted by atomic mass is 10.1. The standard InChI is InChI=1S/C14H17NO3S/c1-9(17)10-4-5-12-11(8-10)15(6-7-16)13(18)14(2,3)19-12/h4-5,8,16H,6-7H2,1-3H3. The molecule has 4 nitrogen and oxygen atoms in total. The van der Waals surface area contributed by atoms with E-state index in [1.807, 2.05) is 19.9 Å². The molecule has 0 bridgehead atoms. The maximum absolute atomic E-state index is 12.4. The number of amides is 1. The van der Waals surface area contributed by atoms with Crippen LogP contribution in [0, 0.1) is 0 Å². The molecule has 0 saturated heterocycles. The topological polar surface area (TPSA) is 57.6 Å². The lowest BCUT2D eigenvalue weighted by molar-refractivity contribution is -0.120. The molecule has 1 aromatic carbocycles. The van der Waals surface area contributed by atoms with Gasteiger partial charge in [-0.2, -0.15) is 0 Å². The summed E-state index contributed by atoms with van der Waals surface area (Å²) in [5.74, 6) is -0.0752. The first-order valence-electron chi connectivity index (χ1n) is 6.13. The average Bonchev–Trinajstić information content (AvgIpc) is 2.34. The maximum atomic E-state index is 12.4. The summed E-state index contributed by atoms with van der Waals surface area (Å²) in [4.78, 5) is 26.4. The van der Waals surface area contributed by atoms with E-state index in [-0.39, 0.29) is 24.8 Å². The van der Waals surface area contributed by atoms with Crippen molar-refractivity contribution in [2.45, 2.75) is 30.4 Å². The molecule has 1 heterocycles. The van der Waals surface area contributed by atoms with Crippen LogP contribution in [0.3, 0.4) is 0 Å². The molecule has 19 heavy (non-hydrogen) atoms. The highest BCUT2D eigenvalue weighted by Gasteiger charge is 2.39. The van der Waals surface area contributed by atoms with Gasteiger partial charge in [0.05, 0.1) is 17.0 Å². The lowest BCUT2D eigenvalue weighted by Crippen LogP contribution is -2.47. The zero-order chi connectivity index (χ0) is 14.2. The summed E-state index contributed by atoms with van der Waals surface area (Å²) in [7, 11) is 0. The van der Waals surface area contributed by atoms with Crippen molar-refractivity contribution in [2.24, 2.45) is 0 Å². The molecular weight excluding hydrogens is 262 g/mol. The first-order valence-corrected chi connectivity index (χ1v) is 6.95. The van der Waals surface area contributed by atoms with Gasteiger partial charge in [-0.1, -0.05) is 6.07 Å². The molecule has 0 radical (unpaired) electrons. The number of benzene rings is 1. The fourth-order valence-electron chi connectivity index (χ4n) is 2.11. The van der Waals surface area contributed by atoms with Crippen LogP contribution in [-0.4, -0.2) is 34.7 Å². The number of carbonyl (C=O) groups is 2. The summed E-state index contributed by atoms with van der Waals surface area (Å²) in [5.41, 5.74) is 1.30. The Balaban J connectivity index is 2.53. The minimum Gasteiger partial charge on any atom is -0.395 e. The van der Waals surface area contributed by atoms with E-state index in [2.05, 4.69) is 0 Å². The number of hydrogen-bond donors (Lipinski definition) is 1. The number of fused-ring (bicyclic) bond motifs is 1. The van der Waals surface area contributed by atoms with Crippen LogP contribution < -0.4 is 4.90 Å². The van der Waals surface area contributed by atoms with E-state index in [9.17, 15) is 9.59 Å². The third kappa shape index (κ3) is 2.53. The SMILES string of the molecule is CC(=O)c1ccc2c(c1)N(CCO)C(=O)C(C)(C)S2. The number of ketones is 1. The van der Waals surface area contributed by atoms with Crippen molar-refractivity contribution < 1.29 is 14.7 Å². The minimum absolute atomic E-state index is 0.0333. The Bertz CT molecular complexity index is 539. The van der Waals surface area contributed by atoms with Crippen LogP contribution >= 0.6 is 11.8 Å². The number of Topliss-reactive ketones (excluding diaryl/α,β-unsaturated/α-hetero) is 1. The molecule has 0 fully saturated rings. The molecule has 0 aliphatic carbocycles. The third-order valence-electron chi connectivity index (χ3n) is 3.11.